The van der Waals surface area contributed by atoms with Gasteiger partial charge in [-0.15, -0.1) is 0 Å². The number of piperazine rings is 1. The molecule has 6 nitrogen and oxygen atoms in total. The highest BCUT2D eigenvalue weighted by Gasteiger charge is 2.30. The predicted molar refractivity (Wildman–Crippen MR) is 96.0 cm³/mol. The molecule has 2 saturated heterocycles. The topological polar surface area (TPSA) is 75.9 Å². The summed E-state index contributed by atoms with van der Waals surface area (Å²) in [5.74, 6) is 0.141. The Labute approximate surface area is 148 Å². The molecule has 25 heavy (non-hydrogen) atoms. The minimum atomic E-state index is -0.507. The molecule has 1 atom stereocenters. The van der Waals surface area contributed by atoms with Crippen molar-refractivity contribution in [2.75, 3.05) is 32.8 Å². The Hall–Kier alpha value is -2.34. The number of carbonyl (C=O) groups is 2. The van der Waals surface area contributed by atoms with Crippen LogP contribution in [0.25, 0.3) is 6.08 Å². The molecule has 1 aromatic rings. The molecule has 134 valence electrons. The normalized spacial score (nSPS) is 21.1. The lowest BCUT2D eigenvalue weighted by molar-refractivity contribution is -0.129. The first-order chi connectivity index (χ1) is 12.1. The van der Waals surface area contributed by atoms with Gasteiger partial charge in [-0.1, -0.05) is 18.6 Å². The van der Waals surface area contributed by atoms with Gasteiger partial charge in [0.1, 0.15) is 5.75 Å². The van der Waals surface area contributed by atoms with Gasteiger partial charge in [0.15, 0.2) is 6.61 Å². The van der Waals surface area contributed by atoms with Crippen LogP contribution in [0.2, 0.25) is 0 Å². The summed E-state index contributed by atoms with van der Waals surface area (Å²) in [7, 11) is 0. The van der Waals surface area contributed by atoms with E-state index in [2.05, 4.69) is 4.90 Å². The Balaban J connectivity index is 1.52. The first kappa shape index (κ1) is 17.5. The second-order valence-corrected chi connectivity index (χ2v) is 6.63. The molecule has 2 heterocycles. The number of ether oxygens (including phenoxy) is 1. The summed E-state index contributed by atoms with van der Waals surface area (Å²) in [5, 5.41) is 0. The number of primary amides is 1. The summed E-state index contributed by atoms with van der Waals surface area (Å²) in [5.41, 5.74) is 5.96. The molecule has 0 aromatic heterocycles. The molecule has 0 aliphatic carbocycles. The van der Waals surface area contributed by atoms with Gasteiger partial charge in [0, 0.05) is 31.8 Å². The Morgan fingerprint density at radius 2 is 1.96 bits per heavy atom. The molecule has 0 unspecified atom stereocenters. The fourth-order valence-electron chi connectivity index (χ4n) is 3.46. The van der Waals surface area contributed by atoms with Crippen molar-refractivity contribution in [3.63, 3.8) is 0 Å². The van der Waals surface area contributed by atoms with Crippen LogP contribution in [0.15, 0.2) is 30.3 Å². The summed E-state index contributed by atoms with van der Waals surface area (Å²) in [6, 6.07) is 7.74. The lowest BCUT2D eigenvalue weighted by Crippen LogP contribution is -2.55. The maximum absolute atomic E-state index is 12.4. The van der Waals surface area contributed by atoms with Crippen molar-refractivity contribution in [3.05, 3.63) is 35.9 Å². The van der Waals surface area contributed by atoms with Gasteiger partial charge in [-0.05, 0) is 43.2 Å². The Morgan fingerprint density at radius 1 is 1.16 bits per heavy atom. The van der Waals surface area contributed by atoms with Crippen LogP contribution in [0.1, 0.15) is 24.8 Å². The van der Waals surface area contributed by atoms with Crippen LogP contribution in [0.3, 0.4) is 0 Å². The smallest absolute Gasteiger partial charge is 0.255 e. The van der Waals surface area contributed by atoms with E-state index in [1.807, 2.05) is 23.1 Å². The molecule has 6 heteroatoms. The van der Waals surface area contributed by atoms with Crippen molar-refractivity contribution in [3.8, 4) is 5.75 Å². The summed E-state index contributed by atoms with van der Waals surface area (Å²) in [6.45, 7) is 3.66. The van der Waals surface area contributed by atoms with Crippen LogP contribution in [0.5, 0.6) is 5.75 Å². The zero-order chi connectivity index (χ0) is 17.6. The fourth-order valence-corrected chi connectivity index (χ4v) is 3.46. The summed E-state index contributed by atoms with van der Waals surface area (Å²) in [6.07, 6.45) is 7.19. The van der Waals surface area contributed by atoms with E-state index in [4.69, 9.17) is 10.5 Å². The second kappa shape index (κ2) is 8.16. The number of amides is 2. The highest BCUT2D eigenvalue weighted by molar-refractivity contribution is 5.91. The van der Waals surface area contributed by atoms with Gasteiger partial charge in [0.25, 0.3) is 5.91 Å². The standard InChI is InChI=1S/C19H25N3O3/c20-18(23)14-25-17-7-4-15(5-8-17)6-9-19(24)22-12-11-21-10-2-1-3-16(21)13-22/h4-9,16H,1-3,10-14H2,(H2,20,23)/b9-6+/t16-/m0/s1. The van der Waals surface area contributed by atoms with Crippen molar-refractivity contribution in [2.45, 2.75) is 25.3 Å². The third-order valence-electron chi connectivity index (χ3n) is 4.83. The fraction of sp³-hybridized carbons (Fsp3) is 0.474. The van der Waals surface area contributed by atoms with Gasteiger partial charge < -0.3 is 15.4 Å². The van der Waals surface area contributed by atoms with Crippen LogP contribution < -0.4 is 10.5 Å². The second-order valence-electron chi connectivity index (χ2n) is 6.63. The van der Waals surface area contributed by atoms with E-state index in [0.717, 1.165) is 25.2 Å². The molecule has 0 radical (unpaired) electrons. The predicted octanol–water partition coefficient (Wildman–Crippen LogP) is 1.26. The van der Waals surface area contributed by atoms with E-state index in [0.29, 0.717) is 11.8 Å². The molecule has 2 fully saturated rings. The minimum Gasteiger partial charge on any atom is -0.484 e. The van der Waals surface area contributed by atoms with Gasteiger partial charge in [-0.2, -0.15) is 0 Å². The summed E-state index contributed by atoms with van der Waals surface area (Å²) < 4.78 is 5.22. The van der Waals surface area contributed by atoms with Crippen LogP contribution in [-0.2, 0) is 9.59 Å². The van der Waals surface area contributed by atoms with Gasteiger partial charge in [0.05, 0.1) is 0 Å². The first-order valence-electron chi connectivity index (χ1n) is 8.84. The number of piperidine rings is 1. The zero-order valence-corrected chi connectivity index (χ0v) is 14.4. The number of benzene rings is 1. The first-order valence-corrected chi connectivity index (χ1v) is 8.84. The zero-order valence-electron chi connectivity index (χ0n) is 14.4. The average Bonchev–Trinajstić information content (AvgIpc) is 2.64. The van der Waals surface area contributed by atoms with Gasteiger partial charge in [-0.25, -0.2) is 0 Å². The largest absolute Gasteiger partial charge is 0.484 e. The van der Waals surface area contributed by atoms with Gasteiger partial charge in [-0.3, -0.25) is 14.5 Å². The molecular formula is C19H25N3O3. The summed E-state index contributed by atoms with van der Waals surface area (Å²) >= 11 is 0. The molecule has 0 spiro atoms. The van der Waals surface area contributed by atoms with Crippen molar-refractivity contribution in [1.29, 1.82) is 0 Å². The number of carbonyl (C=O) groups excluding carboxylic acids is 2. The Bertz CT molecular complexity index is 642. The summed E-state index contributed by atoms with van der Waals surface area (Å²) in [4.78, 5) is 27.6. The van der Waals surface area contributed by atoms with E-state index >= 15 is 0 Å². The third kappa shape index (κ3) is 4.82. The third-order valence-corrected chi connectivity index (χ3v) is 4.83. The maximum atomic E-state index is 12.4. The molecule has 0 saturated carbocycles. The molecule has 2 amide bonds. The number of hydrogen-bond acceptors (Lipinski definition) is 4. The molecule has 1 aromatic carbocycles. The molecule has 0 bridgehead atoms. The van der Waals surface area contributed by atoms with E-state index in [9.17, 15) is 9.59 Å². The van der Waals surface area contributed by atoms with Crippen LogP contribution in [0.4, 0.5) is 0 Å². The molecule has 2 aliphatic heterocycles. The van der Waals surface area contributed by atoms with Crippen LogP contribution in [-0.4, -0.2) is 60.4 Å². The Morgan fingerprint density at radius 3 is 2.72 bits per heavy atom. The van der Waals surface area contributed by atoms with E-state index in [1.165, 1.54) is 25.8 Å². The molecule has 3 rings (SSSR count). The SMILES string of the molecule is NC(=O)COc1ccc(/C=C/C(=O)N2CCN3CCCC[C@H]3C2)cc1. The van der Waals surface area contributed by atoms with Crippen molar-refractivity contribution < 1.29 is 14.3 Å². The average molecular weight is 343 g/mol. The molecule has 2 aliphatic rings. The molecule has 2 N–H and O–H groups in total. The Kier molecular flexibility index (Phi) is 5.71. The monoisotopic (exact) mass is 343 g/mol. The molecular weight excluding hydrogens is 318 g/mol. The quantitative estimate of drug-likeness (QED) is 0.817. The minimum absolute atomic E-state index is 0.0688. The number of fused-ring (bicyclic) bond motifs is 1. The highest BCUT2D eigenvalue weighted by Crippen LogP contribution is 2.21. The van der Waals surface area contributed by atoms with Gasteiger partial charge >= 0.3 is 0 Å². The van der Waals surface area contributed by atoms with Crippen LogP contribution in [0, 0.1) is 0 Å². The van der Waals surface area contributed by atoms with Crippen molar-refractivity contribution in [1.82, 2.24) is 9.80 Å². The van der Waals surface area contributed by atoms with E-state index < -0.39 is 5.91 Å². The van der Waals surface area contributed by atoms with Gasteiger partial charge in [0.2, 0.25) is 5.91 Å². The number of nitrogens with two attached hydrogens (primary N) is 1. The lowest BCUT2D eigenvalue weighted by atomic mass is 9.99. The number of nitrogens with zero attached hydrogens (tertiary/aromatic N) is 2. The van der Waals surface area contributed by atoms with Crippen molar-refractivity contribution >= 4 is 17.9 Å². The maximum Gasteiger partial charge on any atom is 0.255 e. The van der Waals surface area contributed by atoms with Crippen LogP contribution >= 0.6 is 0 Å². The van der Waals surface area contributed by atoms with E-state index in [-0.39, 0.29) is 12.5 Å². The van der Waals surface area contributed by atoms with E-state index in [1.54, 1.807) is 18.2 Å². The highest BCUT2D eigenvalue weighted by atomic mass is 16.5. The lowest BCUT2D eigenvalue weighted by Gasteiger charge is -2.43. The van der Waals surface area contributed by atoms with Crippen molar-refractivity contribution in [2.24, 2.45) is 5.73 Å². The number of rotatable bonds is 5. The number of hydrogen-bond donors (Lipinski definition) is 1.